The predicted molar refractivity (Wildman–Crippen MR) is 124 cm³/mol. The highest BCUT2D eigenvalue weighted by atomic mass is 35.5. The van der Waals surface area contributed by atoms with Gasteiger partial charge in [-0.3, -0.25) is 14.9 Å². The molecule has 0 aliphatic carbocycles. The van der Waals surface area contributed by atoms with Gasteiger partial charge in [-0.25, -0.2) is 9.37 Å². The Balaban J connectivity index is 1.26. The zero-order valence-corrected chi connectivity index (χ0v) is 19.1. The third-order valence-electron chi connectivity index (χ3n) is 5.57. The van der Waals surface area contributed by atoms with E-state index in [1.807, 2.05) is 0 Å². The van der Waals surface area contributed by atoms with Crippen LogP contribution in [0.3, 0.4) is 0 Å². The lowest BCUT2D eigenvalue weighted by Crippen LogP contribution is -2.38. The molecule has 0 radical (unpaired) electrons. The fourth-order valence-electron chi connectivity index (χ4n) is 3.69. The third kappa shape index (κ3) is 5.82. The van der Waals surface area contributed by atoms with Crippen LogP contribution in [0.25, 0.3) is 0 Å². The number of amides is 1. The Morgan fingerprint density at radius 3 is 2.67 bits per heavy atom. The average Bonchev–Trinajstić information content (AvgIpc) is 3.28. The van der Waals surface area contributed by atoms with Gasteiger partial charge in [0.2, 0.25) is 5.13 Å². The van der Waals surface area contributed by atoms with Crippen LogP contribution in [0.5, 0.6) is 0 Å². The first kappa shape index (κ1) is 23.1. The third-order valence-corrected chi connectivity index (χ3v) is 6.71. The summed E-state index contributed by atoms with van der Waals surface area (Å²) in [6.07, 6.45) is 2.32. The number of hydrogen-bond acceptors (Lipinski definition) is 7. The largest absolute Gasteiger partial charge is 0.352 e. The second-order valence-corrected chi connectivity index (χ2v) is 9.00. The van der Waals surface area contributed by atoms with E-state index in [0.717, 1.165) is 36.6 Å². The molecule has 0 spiro atoms. The summed E-state index contributed by atoms with van der Waals surface area (Å²) < 4.78 is 17.5. The van der Waals surface area contributed by atoms with Gasteiger partial charge in [-0.15, -0.1) is 0 Å². The SMILES string of the molecule is O=C(NCC1CCN(c2nc(Cc3ccc(F)cc3)ns2)CC1)c1ccc(Cl)c([N+](=O)[O-])c1. The van der Waals surface area contributed by atoms with E-state index in [1.54, 1.807) is 12.1 Å². The number of nitrogens with one attached hydrogen (secondary N) is 1. The first-order chi connectivity index (χ1) is 15.9. The number of carbonyl (C=O) groups is 1. The molecule has 0 saturated carbocycles. The summed E-state index contributed by atoms with van der Waals surface area (Å²) in [5, 5.41) is 14.8. The molecule has 33 heavy (non-hydrogen) atoms. The lowest BCUT2D eigenvalue weighted by atomic mass is 9.97. The van der Waals surface area contributed by atoms with Crippen LogP contribution in [-0.4, -0.2) is 39.8 Å². The lowest BCUT2D eigenvalue weighted by Gasteiger charge is -2.31. The van der Waals surface area contributed by atoms with Crippen molar-refractivity contribution in [1.29, 1.82) is 0 Å². The number of anilines is 1. The zero-order valence-electron chi connectivity index (χ0n) is 17.5. The average molecular weight is 490 g/mol. The standard InChI is InChI=1S/C22H21ClFN5O3S/c23-18-6-3-16(12-19(18)29(31)32)21(30)25-13-15-7-9-28(10-8-15)22-26-20(27-33-22)11-14-1-4-17(24)5-2-14/h1-6,12,15H,7-11,13H2,(H,25,30). The number of hydrogen-bond donors (Lipinski definition) is 1. The van der Waals surface area contributed by atoms with Crippen LogP contribution in [0.4, 0.5) is 15.2 Å². The van der Waals surface area contributed by atoms with Crippen molar-refractivity contribution in [2.45, 2.75) is 19.3 Å². The minimum Gasteiger partial charge on any atom is -0.352 e. The minimum absolute atomic E-state index is 0.00132. The number of aromatic nitrogens is 2. The maximum absolute atomic E-state index is 13.1. The summed E-state index contributed by atoms with van der Waals surface area (Å²) in [6, 6.07) is 10.4. The van der Waals surface area contributed by atoms with Crippen molar-refractivity contribution in [2.24, 2.45) is 5.92 Å². The molecule has 1 aromatic heterocycles. The molecule has 0 atom stereocenters. The fraction of sp³-hybridized carbons (Fsp3) is 0.318. The molecule has 1 fully saturated rings. The van der Waals surface area contributed by atoms with Gasteiger partial charge in [-0.05, 0) is 48.6 Å². The summed E-state index contributed by atoms with van der Waals surface area (Å²) in [4.78, 5) is 29.6. The van der Waals surface area contributed by atoms with E-state index in [4.69, 9.17) is 11.6 Å². The fourth-order valence-corrected chi connectivity index (χ4v) is 4.61. The molecule has 2 heterocycles. The highest BCUT2D eigenvalue weighted by molar-refractivity contribution is 7.09. The Bertz CT molecular complexity index is 1150. The molecule has 11 heteroatoms. The second-order valence-electron chi connectivity index (χ2n) is 7.86. The number of nitro benzene ring substituents is 1. The van der Waals surface area contributed by atoms with Gasteiger partial charge in [-0.1, -0.05) is 23.7 Å². The molecule has 1 aliphatic heterocycles. The van der Waals surface area contributed by atoms with Crippen LogP contribution in [0.1, 0.15) is 34.6 Å². The molecule has 1 aliphatic rings. The maximum Gasteiger partial charge on any atom is 0.288 e. The molecular weight excluding hydrogens is 469 g/mol. The molecule has 1 saturated heterocycles. The van der Waals surface area contributed by atoms with Crippen LogP contribution in [-0.2, 0) is 6.42 Å². The summed E-state index contributed by atoms with van der Waals surface area (Å²) in [5.41, 5.74) is 0.890. The topological polar surface area (TPSA) is 101 Å². The van der Waals surface area contributed by atoms with E-state index in [9.17, 15) is 19.3 Å². The van der Waals surface area contributed by atoms with Crippen molar-refractivity contribution in [3.8, 4) is 0 Å². The highest BCUT2D eigenvalue weighted by Gasteiger charge is 2.23. The molecule has 0 bridgehead atoms. The monoisotopic (exact) mass is 489 g/mol. The first-order valence-corrected chi connectivity index (χ1v) is 11.6. The lowest BCUT2D eigenvalue weighted by molar-refractivity contribution is -0.384. The number of nitrogens with zero attached hydrogens (tertiary/aromatic N) is 4. The molecule has 1 amide bonds. The van der Waals surface area contributed by atoms with Crippen molar-refractivity contribution in [1.82, 2.24) is 14.7 Å². The maximum atomic E-state index is 13.1. The van der Waals surface area contributed by atoms with Crippen LogP contribution < -0.4 is 10.2 Å². The molecule has 8 nitrogen and oxygen atoms in total. The smallest absolute Gasteiger partial charge is 0.288 e. The molecule has 172 valence electrons. The number of benzene rings is 2. The molecule has 0 unspecified atom stereocenters. The summed E-state index contributed by atoms with van der Waals surface area (Å²) in [5.74, 6) is 0.401. The Morgan fingerprint density at radius 1 is 1.24 bits per heavy atom. The quantitative estimate of drug-likeness (QED) is 0.388. The molecule has 3 aromatic rings. The Kier molecular flexibility index (Phi) is 7.14. The molecule has 4 rings (SSSR count). The number of halogens is 2. The number of nitro groups is 1. The summed E-state index contributed by atoms with van der Waals surface area (Å²) in [7, 11) is 0. The highest BCUT2D eigenvalue weighted by Crippen LogP contribution is 2.26. The molecule has 2 aromatic carbocycles. The van der Waals surface area contributed by atoms with Gasteiger partial charge in [-0.2, -0.15) is 4.37 Å². The van der Waals surface area contributed by atoms with E-state index in [2.05, 4.69) is 19.6 Å². The van der Waals surface area contributed by atoms with E-state index in [0.29, 0.717) is 24.7 Å². The number of piperidine rings is 1. The Hall–Kier alpha value is -3.11. The van der Waals surface area contributed by atoms with Crippen molar-refractivity contribution in [2.75, 3.05) is 24.5 Å². The van der Waals surface area contributed by atoms with Crippen molar-refractivity contribution < 1.29 is 14.1 Å². The van der Waals surface area contributed by atoms with Gasteiger partial charge >= 0.3 is 0 Å². The predicted octanol–water partition coefficient (Wildman–Crippen LogP) is 4.48. The summed E-state index contributed by atoms with van der Waals surface area (Å²) >= 11 is 7.16. The van der Waals surface area contributed by atoms with Gasteiger partial charge in [0.15, 0.2) is 0 Å². The van der Waals surface area contributed by atoms with Crippen molar-refractivity contribution in [3.63, 3.8) is 0 Å². The first-order valence-electron chi connectivity index (χ1n) is 10.4. The second kappa shape index (κ2) is 10.2. The number of rotatable bonds is 7. The van der Waals surface area contributed by atoms with Gasteiger partial charge in [0, 0.05) is 49.2 Å². The zero-order chi connectivity index (χ0) is 23.4. The Labute approximate surface area is 198 Å². The van der Waals surface area contributed by atoms with Crippen molar-refractivity contribution >= 4 is 39.9 Å². The molecule has 1 N–H and O–H groups in total. The van der Waals surface area contributed by atoms with E-state index >= 15 is 0 Å². The van der Waals surface area contributed by atoms with Crippen LogP contribution >= 0.6 is 23.1 Å². The van der Waals surface area contributed by atoms with Crippen LogP contribution in [0.15, 0.2) is 42.5 Å². The number of carbonyl (C=O) groups excluding carboxylic acids is 1. The van der Waals surface area contributed by atoms with Gasteiger partial charge in [0.05, 0.1) is 4.92 Å². The van der Waals surface area contributed by atoms with Gasteiger partial charge in [0.25, 0.3) is 11.6 Å². The van der Waals surface area contributed by atoms with Gasteiger partial charge < -0.3 is 10.2 Å². The van der Waals surface area contributed by atoms with Crippen molar-refractivity contribution in [3.05, 3.63) is 80.4 Å². The summed E-state index contributed by atoms with van der Waals surface area (Å²) in [6.45, 7) is 2.10. The van der Waals surface area contributed by atoms with E-state index in [-0.39, 0.29) is 28.0 Å². The Morgan fingerprint density at radius 2 is 1.97 bits per heavy atom. The van der Waals surface area contributed by atoms with Crippen LogP contribution in [0, 0.1) is 21.8 Å². The van der Waals surface area contributed by atoms with E-state index in [1.165, 1.54) is 41.9 Å². The normalized spacial score (nSPS) is 14.3. The molecular formula is C22H21ClFN5O3S. The van der Waals surface area contributed by atoms with Crippen LogP contribution in [0.2, 0.25) is 5.02 Å². The van der Waals surface area contributed by atoms with E-state index < -0.39 is 4.92 Å². The van der Waals surface area contributed by atoms with Gasteiger partial charge in [0.1, 0.15) is 16.7 Å². The minimum atomic E-state index is -0.604.